The minimum atomic E-state index is -3.82. The van der Waals surface area contributed by atoms with Gasteiger partial charge in [0.15, 0.2) is 4.96 Å². The molecule has 158 valence electrons. The largest absolute Gasteiger partial charge is 0.458 e. The Labute approximate surface area is 177 Å². The maximum Gasteiger partial charge on any atom is 0.324 e. The molecule has 0 saturated carbocycles. The monoisotopic (exact) mass is 447 g/mol. The normalized spacial score (nSPS) is 17.8. The van der Waals surface area contributed by atoms with E-state index in [2.05, 4.69) is 4.98 Å². The van der Waals surface area contributed by atoms with Gasteiger partial charge in [-0.3, -0.25) is 14.0 Å². The second-order valence-corrected chi connectivity index (χ2v) is 9.95. The topological polar surface area (TPSA) is 98.0 Å². The van der Waals surface area contributed by atoms with Gasteiger partial charge in [-0.05, 0) is 38.3 Å². The third kappa shape index (κ3) is 4.03. The molecule has 0 aliphatic carbocycles. The number of thiazole rings is 1. The van der Waals surface area contributed by atoms with E-state index >= 15 is 0 Å². The minimum Gasteiger partial charge on any atom is -0.458 e. The van der Waals surface area contributed by atoms with Crippen LogP contribution in [0.2, 0.25) is 0 Å². The Hall–Kier alpha value is -2.56. The summed E-state index contributed by atoms with van der Waals surface area (Å²) >= 11 is 1.30. The lowest BCUT2D eigenvalue weighted by Gasteiger charge is -2.33. The van der Waals surface area contributed by atoms with Gasteiger partial charge in [-0.15, -0.1) is 11.3 Å². The molecular weight excluding hydrogens is 426 g/mol. The first kappa shape index (κ1) is 20.7. The van der Waals surface area contributed by atoms with Crippen molar-refractivity contribution in [3.05, 3.63) is 63.5 Å². The maximum atomic E-state index is 13.1. The van der Waals surface area contributed by atoms with Crippen LogP contribution in [-0.2, 0) is 26.2 Å². The molecule has 3 aromatic rings. The highest BCUT2D eigenvalue weighted by Crippen LogP contribution is 2.26. The molecule has 1 unspecified atom stereocenters. The van der Waals surface area contributed by atoms with E-state index in [9.17, 15) is 18.0 Å². The quantitative estimate of drug-likeness (QED) is 0.557. The summed E-state index contributed by atoms with van der Waals surface area (Å²) < 4.78 is 34.2. The van der Waals surface area contributed by atoms with E-state index in [4.69, 9.17) is 4.74 Å². The van der Waals surface area contributed by atoms with Crippen LogP contribution in [0.25, 0.3) is 4.96 Å². The molecule has 1 fully saturated rings. The summed E-state index contributed by atoms with van der Waals surface area (Å²) in [5.74, 6) is -0.626. The number of esters is 1. The number of piperidine rings is 1. The second kappa shape index (κ2) is 8.29. The van der Waals surface area contributed by atoms with Gasteiger partial charge >= 0.3 is 5.97 Å². The van der Waals surface area contributed by atoms with Gasteiger partial charge in [-0.1, -0.05) is 17.7 Å². The first-order valence-electron chi connectivity index (χ1n) is 9.57. The molecule has 1 aliphatic rings. The molecular formula is C20H21N3O5S2. The highest BCUT2D eigenvalue weighted by Gasteiger charge is 2.38. The fourth-order valence-corrected chi connectivity index (χ4v) is 5.86. The Kier molecular flexibility index (Phi) is 5.72. The molecule has 0 spiro atoms. The van der Waals surface area contributed by atoms with Crippen molar-refractivity contribution >= 4 is 32.3 Å². The Morgan fingerprint density at radius 3 is 2.80 bits per heavy atom. The predicted molar refractivity (Wildman–Crippen MR) is 112 cm³/mol. The fourth-order valence-electron chi connectivity index (χ4n) is 3.48. The van der Waals surface area contributed by atoms with Crippen LogP contribution >= 0.6 is 11.3 Å². The van der Waals surface area contributed by atoms with Gasteiger partial charge in [-0.25, -0.2) is 13.4 Å². The van der Waals surface area contributed by atoms with Crippen LogP contribution in [0.5, 0.6) is 0 Å². The van der Waals surface area contributed by atoms with Gasteiger partial charge in [0.2, 0.25) is 10.0 Å². The lowest BCUT2D eigenvalue weighted by atomic mass is 10.1. The number of nitrogens with zero attached hydrogens (tertiary/aromatic N) is 3. The first-order chi connectivity index (χ1) is 14.4. The van der Waals surface area contributed by atoms with Crippen LogP contribution in [0.1, 0.15) is 30.5 Å². The third-order valence-corrected chi connectivity index (χ3v) is 7.75. The number of carbonyl (C=O) groups excluding carboxylic acids is 1. The molecule has 2 aromatic heterocycles. The molecule has 0 bridgehead atoms. The molecule has 8 nitrogen and oxygen atoms in total. The van der Waals surface area contributed by atoms with E-state index in [1.54, 1.807) is 35.8 Å². The maximum absolute atomic E-state index is 13.1. The van der Waals surface area contributed by atoms with Crippen molar-refractivity contribution in [2.45, 2.75) is 43.7 Å². The van der Waals surface area contributed by atoms with E-state index in [0.717, 1.165) is 12.0 Å². The lowest BCUT2D eigenvalue weighted by molar-refractivity contribution is -0.150. The van der Waals surface area contributed by atoms with Crippen molar-refractivity contribution in [1.82, 2.24) is 13.7 Å². The number of sulfonamides is 1. The van der Waals surface area contributed by atoms with Crippen molar-refractivity contribution < 1.29 is 17.9 Å². The number of benzene rings is 1. The lowest BCUT2D eigenvalue weighted by Crippen LogP contribution is -2.48. The average Bonchev–Trinajstić information content (AvgIpc) is 3.22. The number of hydrogen-bond acceptors (Lipinski definition) is 7. The van der Waals surface area contributed by atoms with Crippen molar-refractivity contribution in [2.75, 3.05) is 6.54 Å². The van der Waals surface area contributed by atoms with Gasteiger partial charge in [-0.2, -0.15) is 4.31 Å². The van der Waals surface area contributed by atoms with Crippen molar-refractivity contribution in [3.8, 4) is 0 Å². The highest BCUT2D eigenvalue weighted by molar-refractivity contribution is 7.89. The second-order valence-electron chi connectivity index (χ2n) is 7.19. The first-order valence-corrected chi connectivity index (χ1v) is 11.9. The van der Waals surface area contributed by atoms with Crippen LogP contribution in [-0.4, -0.2) is 40.7 Å². The number of hydrogen-bond donors (Lipinski definition) is 0. The highest BCUT2D eigenvalue weighted by atomic mass is 32.2. The Morgan fingerprint density at radius 1 is 1.27 bits per heavy atom. The Bertz CT molecular complexity index is 1230. The van der Waals surface area contributed by atoms with Crippen LogP contribution in [0, 0.1) is 6.92 Å². The summed E-state index contributed by atoms with van der Waals surface area (Å²) in [6.45, 7) is 1.96. The third-order valence-electron chi connectivity index (χ3n) is 5.07. The molecule has 0 amide bonds. The van der Waals surface area contributed by atoms with E-state index in [0.29, 0.717) is 23.5 Å². The summed E-state index contributed by atoms with van der Waals surface area (Å²) in [6, 6.07) is 6.99. The van der Waals surface area contributed by atoms with E-state index in [1.165, 1.54) is 26.1 Å². The van der Waals surface area contributed by atoms with Crippen LogP contribution in [0.4, 0.5) is 0 Å². The number of rotatable bonds is 5. The van der Waals surface area contributed by atoms with Crippen LogP contribution in [0.15, 0.2) is 51.6 Å². The fraction of sp³-hybridized carbons (Fsp3) is 0.350. The number of fused-ring (bicyclic) bond motifs is 1. The van der Waals surface area contributed by atoms with Gasteiger partial charge in [0.1, 0.15) is 12.6 Å². The molecule has 1 aromatic carbocycles. The summed E-state index contributed by atoms with van der Waals surface area (Å²) in [6.07, 6.45) is 3.44. The number of aromatic nitrogens is 2. The van der Waals surface area contributed by atoms with Gasteiger partial charge in [0.05, 0.1) is 10.6 Å². The van der Waals surface area contributed by atoms with Crippen LogP contribution < -0.4 is 5.56 Å². The SMILES string of the molecule is Cc1ccc(S(=O)(=O)N2CCCCC2C(=O)OCc2cc(=O)n3ccsc3n2)cc1. The molecule has 1 saturated heterocycles. The summed E-state index contributed by atoms with van der Waals surface area (Å²) in [5, 5.41) is 1.75. The zero-order chi connectivity index (χ0) is 21.3. The molecule has 0 N–H and O–H groups in total. The molecule has 30 heavy (non-hydrogen) atoms. The van der Waals surface area contributed by atoms with E-state index < -0.39 is 22.0 Å². The van der Waals surface area contributed by atoms with E-state index in [-0.39, 0.29) is 23.6 Å². The molecule has 0 radical (unpaired) electrons. The Morgan fingerprint density at radius 2 is 2.03 bits per heavy atom. The van der Waals surface area contributed by atoms with Crippen molar-refractivity contribution in [3.63, 3.8) is 0 Å². The zero-order valence-corrected chi connectivity index (χ0v) is 18.0. The smallest absolute Gasteiger partial charge is 0.324 e. The standard InChI is InChI=1S/C20H21N3O5S2/c1-14-5-7-16(8-6-14)30(26,27)23-9-3-2-4-17(23)19(25)28-13-15-12-18(24)22-10-11-29-20(22)21-15/h5-8,10-12,17H,2-4,9,13H2,1H3. The summed E-state index contributed by atoms with van der Waals surface area (Å²) in [5.41, 5.74) is 1.03. The van der Waals surface area contributed by atoms with Gasteiger partial charge in [0, 0.05) is 24.2 Å². The minimum absolute atomic E-state index is 0.158. The molecule has 1 atom stereocenters. The molecule has 1 aliphatic heterocycles. The zero-order valence-electron chi connectivity index (χ0n) is 16.4. The number of carbonyl (C=O) groups is 1. The predicted octanol–water partition coefficient (Wildman–Crippen LogP) is 2.35. The Balaban J connectivity index is 1.52. The number of aryl methyl sites for hydroxylation is 1. The molecule has 4 rings (SSSR count). The van der Waals surface area contributed by atoms with Gasteiger partial charge in [0.25, 0.3) is 5.56 Å². The number of ether oxygens (including phenoxy) is 1. The van der Waals surface area contributed by atoms with Crippen molar-refractivity contribution in [1.29, 1.82) is 0 Å². The van der Waals surface area contributed by atoms with Crippen LogP contribution in [0.3, 0.4) is 0 Å². The van der Waals surface area contributed by atoms with Crippen molar-refractivity contribution in [2.24, 2.45) is 0 Å². The molecule has 10 heteroatoms. The van der Waals surface area contributed by atoms with E-state index in [1.807, 2.05) is 6.92 Å². The van der Waals surface area contributed by atoms with Gasteiger partial charge < -0.3 is 4.74 Å². The summed E-state index contributed by atoms with van der Waals surface area (Å²) in [4.78, 5) is 29.8. The summed E-state index contributed by atoms with van der Waals surface area (Å²) in [7, 11) is -3.82. The molecule has 3 heterocycles. The average molecular weight is 448 g/mol.